The van der Waals surface area contributed by atoms with Gasteiger partial charge in [-0.25, -0.2) is 4.79 Å². The standard InChI is InChI=1S/C12H15BrO3/c1-3-15-12(14)9(2)16-8-10-5-4-6-11(13)7-10/h4-7,9H,3,8H2,1-2H3. The minimum Gasteiger partial charge on any atom is -0.464 e. The van der Waals surface area contributed by atoms with E-state index in [4.69, 9.17) is 9.47 Å². The maximum atomic E-state index is 11.3. The molecular weight excluding hydrogens is 272 g/mol. The van der Waals surface area contributed by atoms with Crippen molar-refractivity contribution in [3.05, 3.63) is 34.3 Å². The average molecular weight is 287 g/mol. The van der Waals surface area contributed by atoms with E-state index in [1.165, 1.54) is 0 Å². The van der Waals surface area contributed by atoms with Crippen molar-refractivity contribution in [2.45, 2.75) is 26.6 Å². The Kier molecular flexibility index (Phi) is 5.49. The summed E-state index contributed by atoms with van der Waals surface area (Å²) >= 11 is 3.38. The zero-order valence-electron chi connectivity index (χ0n) is 9.40. The molecule has 3 nitrogen and oxygen atoms in total. The third kappa shape index (κ3) is 4.33. The predicted molar refractivity (Wildman–Crippen MR) is 65.0 cm³/mol. The van der Waals surface area contributed by atoms with Gasteiger partial charge < -0.3 is 9.47 Å². The van der Waals surface area contributed by atoms with E-state index in [0.717, 1.165) is 10.0 Å². The minimum atomic E-state index is -0.529. The van der Waals surface area contributed by atoms with Crippen molar-refractivity contribution in [1.29, 1.82) is 0 Å². The van der Waals surface area contributed by atoms with Crippen LogP contribution in [0.15, 0.2) is 28.7 Å². The minimum absolute atomic E-state index is 0.322. The first-order chi connectivity index (χ1) is 7.63. The molecule has 16 heavy (non-hydrogen) atoms. The van der Waals surface area contributed by atoms with Crippen molar-refractivity contribution in [1.82, 2.24) is 0 Å². The van der Waals surface area contributed by atoms with Gasteiger partial charge in [-0.1, -0.05) is 28.1 Å². The lowest BCUT2D eigenvalue weighted by Gasteiger charge is -2.11. The maximum absolute atomic E-state index is 11.3. The molecule has 4 heteroatoms. The summed E-state index contributed by atoms with van der Waals surface area (Å²) in [5, 5.41) is 0. The summed E-state index contributed by atoms with van der Waals surface area (Å²) in [6.45, 7) is 4.25. The lowest BCUT2D eigenvalue weighted by molar-refractivity contribution is -0.156. The maximum Gasteiger partial charge on any atom is 0.334 e. The van der Waals surface area contributed by atoms with Crippen LogP contribution in [0.4, 0.5) is 0 Å². The Labute approximate surface area is 104 Å². The van der Waals surface area contributed by atoms with Gasteiger partial charge in [0.05, 0.1) is 13.2 Å². The fraction of sp³-hybridized carbons (Fsp3) is 0.417. The van der Waals surface area contributed by atoms with Crippen LogP contribution in [0.2, 0.25) is 0 Å². The normalized spacial score (nSPS) is 12.2. The Bertz CT molecular complexity index is 352. The summed E-state index contributed by atoms with van der Waals surface area (Å²) < 4.78 is 11.2. The summed E-state index contributed by atoms with van der Waals surface area (Å²) in [7, 11) is 0. The lowest BCUT2D eigenvalue weighted by Crippen LogP contribution is -2.23. The molecule has 1 atom stereocenters. The third-order valence-corrected chi connectivity index (χ3v) is 2.50. The monoisotopic (exact) mass is 286 g/mol. The van der Waals surface area contributed by atoms with Crippen molar-refractivity contribution in [3.8, 4) is 0 Å². The number of hydrogen-bond acceptors (Lipinski definition) is 3. The molecule has 0 N–H and O–H groups in total. The topological polar surface area (TPSA) is 35.5 Å². The number of esters is 1. The van der Waals surface area contributed by atoms with Gasteiger partial charge in [0.2, 0.25) is 0 Å². The number of halogens is 1. The van der Waals surface area contributed by atoms with E-state index in [1.54, 1.807) is 13.8 Å². The summed E-state index contributed by atoms with van der Waals surface area (Å²) in [5.74, 6) is -0.322. The van der Waals surface area contributed by atoms with Gasteiger partial charge in [0.1, 0.15) is 0 Å². The first kappa shape index (κ1) is 13.2. The largest absolute Gasteiger partial charge is 0.464 e. The SMILES string of the molecule is CCOC(=O)C(C)OCc1cccc(Br)c1. The first-order valence-corrected chi connectivity index (χ1v) is 5.95. The molecule has 0 fully saturated rings. The highest BCUT2D eigenvalue weighted by molar-refractivity contribution is 9.10. The molecule has 1 rings (SSSR count). The fourth-order valence-electron chi connectivity index (χ4n) is 1.18. The average Bonchev–Trinajstić information content (AvgIpc) is 2.26. The van der Waals surface area contributed by atoms with Crippen LogP contribution in [0.25, 0.3) is 0 Å². The second kappa shape index (κ2) is 6.66. The van der Waals surface area contributed by atoms with Gasteiger partial charge in [-0.2, -0.15) is 0 Å². The molecule has 0 radical (unpaired) electrons. The molecule has 0 saturated carbocycles. The number of benzene rings is 1. The number of ether oxygens (including phenoxy) is 2. The van der Waals surface area contributed by atoms with Gasteiger partial charge in [0.25, 0.3) is 0 Å². The molecule has 0 heterocycles. The Hall–Kier alpha value is -0.870. The lowest BCUT2D eigenvalue weighted by atomic mass is 10.2. The number of carbonyl (C=O) groups excluding carboxylic acids is 1. The molecular formula is C12H15BrO3. The molecule has 0 aliphatic rings. The van der Waals surface area contributed by atoms with Crippen LogP contribution in [0, 0.1) is 0 Å². The second-order valence-corrected chi connectivity index (χ2v) is 4.25. The van der Waals surface area contributed by atoms with Crippen LogP contribution < -0.4 is 0 Å². The Morgan fingerprint density at radius 2 is 2.25 bits per heavy atom. The van der Waals surface area contributed by atoms with E-state index in [2.05, 4.69) is 15.9 Å². The van der Waals surface area contributed by atoms with E-state index in [-0.39, 0.29) is 5.97 Å². The predicted octanol–water partition coefficient (Wildman–Crippen LogP) is 2.92. The van der Waals surface area contributed by atoms with Crippen LogP contribution in [-0.4, -0.2) is 18.7 Å². The van der Waals surface area contributed by atoms with Crippen LogP contribution in [-0.2, 0) is 20.9 Å². The van der Waals surface area contributed by atoms with E-state index in [1.807, 2.05) is 24.3 Å². The number of rotatable bonds is 5. The molecule has 1 unspecified atom stereocenters. The van der Waals surface area contributed by atoms with Gasteiger partial charge in [-0.05, 0) is 31.5 Å². The highest BCUT2D eigenvalue weighted by atomic mass is 79.9. The van der Waals surface area contributed by atoms with E-state index in [9.17, 15) is 4.79 Å². The van der Waals surface area contributed by atoms with Crippen LogP contribution in [0.5, 0.6) is 0 Å². The van der Waals surface area contributed by atoms with Gasteiger partial charge in [0, 0.05) is 4.47 Å². The molecule has 0 saturated heterocycles. The van der Waals surface area contributed by atoms with Crippen molar-refractivity contribution in [3.63, 3.8) is 0 Å². The highest BCUT2D eigenvalue weighted by Crippen LogP contribution is 2.13. The summed E-state index contributed by atoms with van der Waals surface area (Å²) in [6, 6.07) is 7.77. The highest BCUT2D eigenvalue weighted by Gasteiger charge is 2.13. The zero-order valence-corrected chi connectivity index (χ0v) is 11.0. The second-order valence-electron chi connectivity index (χ2n) is 3.34. The Morgan fingerprint density at radius 3 is 2.88 bits per heavy atom. The molecule has 0 aliphatic carbocycles. The first-order valence-electron chi connectivity index (χ1n) is 5.16. The van der Waals surface area contributed by atoms with E-state index < -0.39 is 6.10 Å². The van der Waals surface area contributed by atoms with Crippen LogP contribution >= 0.6 is 15.9 Å². The van der Waals surface area contributed by atoms with Gasteiger partial charge in [-0.15, -0.1) is 0 Å². The Balaban J connectivity index is 2.42. The Morgan fingerprint density at radius 1 is 1.50 bits per heavy atom. The smallest absolute Gasteiger partial charge is 0.334 e. The van der Waals surface area contributed by atoms with Crippen LogP contribution in [0.1, 0.15) is 19.4 Å². The van der Waals surface area contributed by atoms with Gasteiger partial charge in [0.15, 0.2) is 6.10 Å². The quantitative estimate of drug-likeness (QED) is 0.781. The molecule has 0 amide bonds. The third-order valence-electron chi connectivity index (χ3n) is 2.01. The summed E-state index contributed by atoms with van der Waals surface area (Å²) in [6.07, 6.45) is -0.529. The van der Waals surface area contributed by atoms with E-state index >= 15 is 0 Å². The molecule has 1 aromatic carbocycles. The van der Waals surface area contributed by atoms with Crippen molar-refractivity contribution < 1.29 is 14.3 Å². The molecule has 1 aromatic rings. The molecule has 0 aromatic heterocycles. The van der Waals surface area contributed by atoms with Crippen molar-refractivity contribution >= 4 is 21.9 Å². The number of carbonyl (C=O) groups is 1. The van der Waals surface area contributed by atoms with Crippen molar-refractivity contribution in [2.75, 3.05) is 6.61 Å². The number of hydrogen-bond donors (Lipinski definition) is 0. The summed E-state index contributed by atoms with van der Waals surface area (Å²) in [5.41, 5.74) is 1.02. The summed E-state index contributed by atoms with van der Waals surface area (Å²) in [4.78, 5) is 11.3. The van der Waals surface area contributed by atoms with Crippen LogP contribution in [0.3, 0.4) is 0 Å². The van der Waals surface area contributed by atoms with Gasteiger partial charge >= 0.3 is 5.97 Å². The molecule has 88 valence electrons. The van der Waals surface area contributed by atoms with Gasteiger partial charge in [-0.3, -0.25) is 0 Å². The van der Waals surface area contributed by atoms with Crippen molar-refractivity contribution in [2.24, 2.45) is 0 Å². The zero-order chi connectivity index (χ0) is 12.0. The van der Waals surface area contributed by atoms with E-state index in [0.29, 0.717) is 13.2 Å². The molecule has 0 aliphatic heterocycles. The molecule has 0 bridgehead atoms. The molecule has 0 spiro atoms. The fourth-order valence-corrected chi connectivity index (χ4v) is 1.62.